The summed E-state index contributed by atoms with van der Waals surface area (Å²) < 4.78 is 5.49. The lowest BCUT2D eigenvalue weighted by molar-refractivity contribution is 0.0161. The van der Waals surface area contributed by atoms with Crippen molar-refractivity contribution in [1.29, 1.82) is 0 Å². The van der Waals surface area contributed by atoms with E-state index in [1.54, 1.807) is 6.20 Å². The van der Waals surface area contributed by atoms with Crippen LogP contribution in [0.1, 0.15) is 17.2 Å². The smallest absolute Gasteiger partial charge is 0.0594 e. The number of pyridine rings is 1. The molecule has 2 heterocycles. The minimum atomic E-state index is 0.327. The van der Waals surface area contributed by atoms with Gasteiger partial charge in [0.05, 0.1) is 13.2 Å². The highest BCUT2D eigenvalue weighted by Crippen LogP contribution is 2.23. The number of morpholine rings is 1. The molecule has 0 saturated carbocycles. The van der Waals surface area contributed by atoms with Gasteiger partial charge >= 0.3 is 0 Å². The standard InChI is InChI=1S/C18H22ClN3O/c19-17-5-3-16(4-6-17)18(22-8-10-23-11-9-22)14-21-13-15-2-1-7-20-12-15/h1-7,12,18,21H,8-11,13-14H2. The average Bonchev–Trinajstić information content (AvgIpc) is 2.61. The highest BCUT2D eigenvalue weighted by Gasteiger charge is 2.22. The molecular formula is C18H22ClN3O. The van der Waals surface area contributed by atoms with Gasteiger partial charge < -0.3 is 10.1 Å². The first kappa shape index (κ1) is 16.4. The second-order valence-electron chi connectivity index (χ2n) is 5.71. The Balaban J connectivity index is 1.65. The molecule has 1 atom stereocenters. The van der Waals surface area contributed by atoms with Gasteiger partial charge in [-0.05, 0) is 29.3 Å². The molecule has 122 valence electrons. The maximum Gasteiger partial charge on any atom is 0.0594 e. The van der Waals surface area contributed by atoms with Crippen molar-refractivity contribution < 1.29 is 4.74 Å². The van der Waals surface area contributed by atoms with Crippen molar-refractivity contribution in [2.24, 2.45) is 0 Å². The lowest BCUT2D eigenvalue weighted by atomic mass is 10.0. The number of nitrogens with zero attached hydrogens (tertiary/aromatic N) is 2. The number of hydrogen-bond donors (Lipinski definition) is 1. The highest BCUT2D eigenvalue weighted by molar-refractivity contribution is 6.30. The molecule has 1 unspecified atom stereocenters. The van der Waals surface area contributed by atoms with E-state index in [9.17, 15) is 0 Å². The Morgan fingerprint density at radius 3 is 2.65 bits per heavy atom. The largest absolute Gasteiger partial charge is 0.379 e. The van der Waals surface area contributed by atoms with E-state index in [0.29, 0.717) is 6.04 Å². The monoisotopic (exact) mass is 331 g/mol. The van der Waals surface area contributed by atoms with E-state index in [1.165, 1.54) is 11.1 Å². The van der Waals surface area contributed by atoms with Crippen LogP contribution >= 0.6 is 11.6 Å². The topological polar surface area (TPSA) is 37.4 Å². The van der Waals surface area contributed by atoms with Crippen molar-refractivity contribution in [2.75, 3.05) is 32.8 Å². The van der Waals surface area contributed by atoms with Gasteiger partial charge in [-0.3, -0.25) is 9.88 Å². The van der Waals surface area contributed by atoms with Crippen molar-refractivity contribution in [3.63, 3.8) is 0 Å². The van der Waals surface area contributed by atoms with Gasteiger partial charge in [0.15, 0.2) is 0 Å². The Bertz CT molecular complexity index is 585. The van der Waals surface area contributed by atoms with Gasteiger partial charge in [0.1, 0.15) is 0 Å². The summed E-state index contributed by atoms with van der Waals surface area (Å²) in [5.74, 6) is 0. The maximum absolute atomic E-state index is 6.03. The molecule has 1 aliphatic heterocycles. The van der Waals surface area contributed by atoms with Crippen LogP contribution in [-0.4, -0.2) is 42.7 Å². The Morgan fingerprint density at radius 2 is 1.96 bits per heavy atom. The lowest BCUT2D eigenvalue weighted by Crippen LogP contribution is -2.42. The zero-order valence-electron chi connectivity index (χ0n) is 13.1. The second-order valence-corrected chi connectivity index (χ2v) is 6.14. The molecule has 0 amide bonds. The van der Waals surface area contributed by atoms with Gasteiger partial charge in [-0.2, -0.15) is 0 Å². The SMILES string of the molecule is Clc1ccc(C(CNCc2cccnc2)N2CCOCC2)cc1. The Hall–Kier alpha value is -1.46. The summed E-state index contributed by atoms with van der Waals surface area (Å²) in [4.78, 5) is 6.63. The second kappa shape index (κ2) is 8.41. The summed E-state index contributed by atoms with van der Waals surface area (Å²) in [5, 5.41) is 4.33. The van der Waals surface area contributed by atoms with Crippen molar-refractivity contribution in [2.45, 2.75) is 12.6 Å². The summed E-state index contributed by atoms with van der Waals surface area (Å²) in [6, 6.07) is 12.5. The van der Waals surface area contributed by atoms with E-state index in [1.807, 2.05) is 24.4 Å². The quantitative estimate of drug-likeness (QED) is 0.883. The van der Waals surface area contributed by atoms with Gasteiger partial charge in [-0.1, -0.05) is 29.8 Å². The van der Waals surface area contributed by atoms with Crippen LogP contribution in [0.4, 0.5) is 0 Å². The van der Waals surface area contributed by atoms with Crippen LogP contribution in [0, 0.1) is 0 Å². The molecule has 1 aromatic carbocycles. The number of hydrogen-bond acceptors (Lipinski definition) is 4. The zero-order chi connectivity index (χ0) is 15.9. The molecule has 0 spiro atoms. The van der Waals surface area contributed by atoms with Crippen molar-refractivity contribution in [1.82, 2.24) is 15.2 Å². The van der Waals surface area contributed by atoms with Gasteiger partial charge in [-0.15, -0.1) is 0 Å². The van der Waals surface area contributed by atoms with Gasteiger partial charge in [0.2, 0.25) is 0 Å². The first-order valence-electron chi connectivity index (χ1n) is 8.00. The molecule has 5 heteroatoms. The average molecular weight is 332 g/mol. The number of halogens is 1. The number of benzene rings is 1. The van der Waals surface area contributed by atoms with Crippen LogP contribution in [0.3, 0.4) is 0 Å². The summed E-state index contributed by atoms with van der Waals surface area (Å²) in [5.41, 5.74) is 2.49. The molecule has 1 aromatic heterocycles. The van der Waals surface area contributed by atoms with E-state index >= 15 is 0 Å². The molecule has 0 aliphatic carbocycles. The fourth-order valence-corrected chi connectivity index (χ4v) is 3.01. The van der Waals surface area contributed by atoms with Crippen LogP contribution in [0.15, 0.2) is 48.8 Å². The van der Waals surface area contributed by atoms with Crippen LogP contribution in [0.5, 0.6) is 0 Å². The van der Waals surface area contributed by atoms with Crippen LogP contribution in [-0.2, 0) is 11.3 Å². The Kier molecular flexibility index (Phi) is 6.00. The summed E-state index contributed by atoms with van der Waals surface area (Å²) in [6.45, 7) is 5.22. The summed E-state index contributed by atoms with van der Waals surface area (Å²) in [7, 11) is 0. The molecule has 2 aromatic rings. The molecule has 1 aliphatic rings. The molecule has 3 rings (SSSR count). The highest BCUT2D eigenvalue weighted by atomic mass is 35.5. The number of aromatic nitrogens is 1. The van der Waals surface area contributed by atoms with E-state index in [4.69, 9.17) is 16.3 Å². The molecule has 23 heavy (non-hydrogen) atoms. The number of rotatable bonds is 6. The normalized spacial score (nSPS) is 17.1. The van der Waals surface area contributed by atoms with Crippen molar-refractivity contribution in [3.8, 4) is 0 Å². The fraction of sp³-hybridized carbons (Fsp3) is 0.389. The minimum Gasteiger partial charge on any atom is -0.379 e. The zero-order valence-corrected chi connectivity index (χ0v) is 13.9. The minimum absolute atomic E-state index is 0.327. The summed E-state index contributed by atoms with van der Waals surface area (Å²) >= 11 is 6.03. The number of nitrogens with one attached hydrogen (secondary N) is 1. The van der Waals surface area contributed by atoms with E-state index < -0.39 is 0 Å². The molecule has 1 fully saturated rings. The van der Waals surface area contributed by atoms with Crippen molar-refractivity contribution >= 4 is 11.6 Å². The lowest BCUT2D eigenvalue weighted by Gasteiger charge is -2.35. The first-order valence-corrected chi connectivity index (χ1v) is 8.37. The van der Waals surface area contributed by atoms with Gasteiger partial charge in [0, 0.05) is 49.6 Å². The van der Waals surface area contributed by atoms with Gasteiger partial charge in [0.25, 0.3) is 0 Å². The molecule has 1 N–H and O–H groups in total. The first-order chi connectivity index (χ1) is 11.3. The number of ether oxygens (including phenoxy) is 1. The molecule has 0 radical (unpaired) electrons. The van der Waals surface area contributed by atoms with E-state index in [0.717, 1.165) is 44.4 Å². The molecule has 4 nitrogen and oxygen atoms in total. The van der Waals surface area contributed by atoms with Crippen molar-refractivity contribution in [3.05, 3.63) is 64.9 Å². The van der Waals surface area contributed by atoms with E-state index in [-0.39, 0.29) is 0 Å². The van der Waals surface area contributed by atoms with Crippen LogP contribution in [0.2, 0.25) is 5.02 Å². The molecule has 0 bridgehead atoms. The van der Waals surface area contributed by atoms with E-state index in [2.05, 4.69) is 33.4 Å². The van der Waals surface area contributed by atoms with Crippen LogP contribution < -0.4 is 5.32 Å². The third-order valence-electron chi connectivity index (χ3n) is 4.13. The summed E-state index contributed by atoms with van der Waals surface area (Å²) in [6.07, 6.45) is 3.70. The van der Waals surface area contributed by atoms with Crippen LogP contribution in [0.25, 0.3) is 0 Å². The molecule has 1 saturated heterocycles. The third-order valence-corrected chi connectivity index (χ3v) is 4.38. The Morgan fingerprint density at radius 1 is 1.17 bits per heavy atom. The maximum atomic E-state index is 6.03. The fourth-order valence-electron chi connectivity index (χ4n) is 2.89. The predicted octanol–water partition coefficient (Wildman–Crippen LogP) is 2.90. The van der Waals surface area contributed by atoms with Gasteiger partial charge in [-0.25, -0.2) is 0 Å². The Labute approximate surface area is 142 Å². The predicted molar refractivity (Wildman–Crippen MR) is 92.5 cm³/mol. The third kappa shape index (κ3) is 4.75. The molecular weight excluding hydrogens is 310 g/mol.